The molecule has 3 aromatic carbocycles. The molecule has 10 nitrogen and oxygen atoms in total. The molecule has 0 saturated carbocycles. The van der Waals surface area contributed by atoms with E-state index in [1.165, 1.54) is 12.7 Å². The molecule has 0 atom stereocenters. The maximum absolute atomic E-state index is 13.1. The van der Waals surface area contributed by atoms with Gasteiger partial charge in [0.05, 0.1) is 24.2 Å². The number of aryl methyl sites for hydroxylation is 1. The summed E-state index contributed by atoms with van der Waals surface area (Å²) in [5.74, 6) is -0.291. The van der Waals surface area contributed by atoms with Crippen LogP contribution in [-0.2, 0) is 11.3 Å². The van der Waals surface area contributed by atoms with Crippen molar-refractivity contribution < 1.29 is 14.3 Å². The van der Waals surface area contributed by atoms with E-state index >= 15 is 0 Å². The van der Waals surface area contributed by atoms with Crippen molar-refractivity contribution in [1.82, 2.24) is 24.5 Å². The van der Waals surface area contributed by atoms with Gasteiger partial charge in [-0.1, -0.05) is 54.6 Å². The van der Waals surface area contributed by atoms with E-state index < -0.39 is 5.91 Å². The molecule has 1 aliphatic rings. The number of amides is 2. The number of nitrogens with one attached hydrogen (secondary N) is 1. The van der Waals surface area contributed by atoms with Crippen molar-refractivity contribution in [2.75, 3.05) is 25.5 Å². The lowest BCUT2D eigenvalue weighted by Crippen LogP contribution is -2.37. The highest BCUT2D eigenvalue weighted by Gasteiger charge is 2.26. The molecule has 4 heterocycles. The van der Waals surface area contributed by atoms with E-state index in [4.69, 9.17) is 15.5 Å². The van der Waals surface area contributed by atoms with Gasteiger partial charge in [0.1, 0.15) is 5.75 Å². The van der Waals surface area contributed by atoms with E-state index in [0.717, 1.165) is 77.2 Å². The number of piperidine rings is 1. The molecule has 6 aromatic rings. The second-order valence-electron chi connectivity index (χ2n) is 12.0. The minimum atomic E-state index is -0.547. The summed E-state index contributed by atoms with van der Waals surface area (Å²) in [5, 5.41) is 8.55. The Balaban J connectivity index is 1.06. The fourth-order valence-corrected chi connectivity index (χ4v) is 6.27. The first-order chi connectivity index (χ1) is 22.9. The fraction of sp³-hybridized carbons (Fsp3) is 0.216. The maximum Gasteiger partial charge on any atom is 0.248 e. The second-order valence-corrected chi connectivity index (χ2v) is 12.0. The smallest absolute Gasteiger partial charge is 0.248 e. The second kappa shape index (κ2) is 12.6. The fourth-order valence-electron chi connectivity index (χ4n) is 6.27. The van der Waals surface area contributed by atoms with Crippen LogP contribution in [-0.4, -0.2) is 56.5 Å². The summed E-state index contributed by atoms with van der Waals surface area (Å²) in [5.41, 5.74) is 13.9. The van der Waals surface area contributed by atoms with Crippen LogP contribution >= 0.6 is 0 Å². The average molecular weight is 626 g/mol. The molecule has 0 radical (unpaired) electrons. The molecular formula is C37H35N7O3. The van der Waals surface area contributed by atoms with E-state index in [1.54, 1.807) is 18.2 Å². The summed E-state index contributed by atoms with van der Waals surface area (Å²) in [6.07, 6.45) is 3.37. The lowest BCUT2D eigenvalue weighted by atomic mass is 9.95. The monoisotopic (exact) mass is 625 g/mol. The first-order valence-corrected chi connectivity index (χ1v) is 15.7. The predicted molar refractivity (Wildman–Crippen MR) is 182 cm³/mol. The zero-order valence-electron chi connectivity index (χ0n) is 26.3. The van der Waals surface area contributed by atoms with Gasteiger partial charge in [0.25, 0.3) is 0 Å². The number of carbonyl (C=O) groups is 2. The number of ether oxygens (including phenoxy) is 1. The minimum absolute atomic E-state index is 0.0467. The Labute approximate surface area is 272 Å². The number of likely N-dealkylation sites (tertiary alicyclic amines) is 1. The van der Waals surface area contributed by atoms with Gasteiger partial charge in [0, 0.05) is 46.8 Å². The highest BCUT2D eigenvalue weighted by Crippen LogP contribution is 2.34. The molecule has 1 fully saturated rings. The summed E-state index contributed by atoms with van der Waals surface area (Å²) in [6.45, 7) is 4.39. The molecule has 1 saturated heterocycles. The van der Waals surface area contributed by atoms with Crippen LogP contribution in [0.15, 0.2) is 91.1 Å². The van der Waals surface area contributed by atoms with Crippen LogP contribution in [0.25, 0.3) is 39.1 Å². The van der Waals surface area contributed by atoms with Crippen LogP contribution in [0.5, 0.6) is 5.75 Å². The van der Waals surface area contributed by atoms with Crippen molar-refractivity contribution >= 4 is 34.2 Å². The van der Waals surface area contributed by atoms with E-state index in [9.17, 15) is 9.59 Å². The lowest BCUT2D eigenvalue weighted by molar-refractivity contribution is -0.121. The highest BCUT2D eigenvalue weighted by molar-refractivity contribution is 5.97. The Hall–Kier alpha value is -5.61. The van der Waals surface area contributed by atoms with Crippen LogP contribution in [0, 0.1) is 12.8 Å². The zero-order valence-corrected chi connectivity index (χ0v) is 26.3. The standard InChI is InChI=1S/C37H35N7O3/c1-23-18-33-39-21-29-19-30(25-6-4-3-5-7-25)34(41-36(29)44(33)42-23)26-10-8-24(9-11-26)22-43-16-14-27(15-17-43)37(46)40-31-13-12-28(35(38)45)20-32(31)47-2/h3-13,18-21,27H,14-17,22H2,1-2H3,(H2,38,45)(H,40,46). The highest BCUT2D eigenvalue weighted by atomic mass is 16.5. The Kier molecular flexibility index (Phi) is 8.09. The third kappa shape index (κ3) is 6.15. The molecule has 0 spiro atoms. The average Bonchev–Trinajstić information content (AvgIpc) is 3.49. The number of hydrogen-bond donors (Lipinski definition) is 2. The Morgan fingerprint density at radius 3 is 2.45 bits per heavy atom. The van der Waals surface area contributed by atoms with E-state index in [0.29, 0.717) is 17.0 Å². The number of benzene rings is 3. The largest absolute Gasteiger partial charge is 0.495 e. The van der Waals surface area contributed by atoms with Crippen LogP contribution in [0.2, 0.25) is 0 Å². The summed E-state index contributed by atoms with van der Waals surface area (Å²) < 4.78 is 7.19. The van der Waals surface area contributed by atoms with Gasteiger partial charge in [-0.15, -0.1) is 0 Å². The minimum Gasteiger partial charge on any atom is -0.495 e. The number of pyridine rings is 1. The Morgan fingerprint density at radius 2 is 1.72 bits per heavy atom. The van der Waals surface area contributed by atoms with Gasteiger partial charge in [-0.05, 0) is 68.2 Å². The first-order valence-electron chi connectivity index (χ1n) is 15.7. The summed E-state index contributed by atoms with van der Waals surface area (Å²) >= 11 is 0. The molecule has 7 rings (SSSR count). The van der Waals surface area contributed by atoms with Crippen molar-refractivity contribution in [3.05, 3.63) is 108 Å². The van der Waals surface area contributed by atoms with Crippen LogP contribution in [0.3, 0.4) is 0 Å². The zero-order chi connectivity index (χ0) is 32.5. The molecule has 2 amide bonds. The Bertz CT molecular complexity index is 2100. The number of rotatable bonds is 8. The summed E-state index contributed by atoms with van der Waals surface area (Å²) in [4.78, 5) is 36.7. The molecular weight excluding hydrogens is 590 g/mol. The number of methoxy groups -OCH3 is 1. The summed E-state index contributed by atoms with van der Waals surface area (Å²) in [7, 11) is 1.50. The number of hydrogen-bond acceptors (Lipinski definition) is 7. The first kappa shape index (κ1) is 30.1. The van der Waals surface area contributed by atoms with Crippen molar-refractivity contribution in [3.63, 3.8) is 0 Å². The Morgan fingerprint density at radius 1 is 0.957 bits per heavy atom. The molecule has 0 bridgehead atoms. The molecule has 0 aliphatic carbocycles. The molecule has 3 N–H and O–H groups in total. The van der Waals surface area contributed by atoms with Crippen LogP contribution < -0.4 is 15.8 Å². The normalized spacial score (nSPS) is 14.0. The number of fused-ring (bicyclic) bond motifs is 3. The predicted octanol–water partition coefficient (Wildman–Crippen LogP) is 5.88. The van der Waals surface area contributed by atoms with E-state index in [2.05, 4.69) is 62.8 Å². The van der Waals surface area contributed by atoms with E-state index in [1.807, 2.05) is 41.9 Å². The number of anilines is 1. The molecule has 3 aromatic heterocycles. The van der Waals surface area contributed by atoms with Crippen molar-refractivity contribution in [1.29, 1.82) is 0 Å². The summed E-state index contributed by atoms with van der Waals surface area (Å²) in [6, 6.07) is 27.8. The third-order valence-corrected chi connectivity index (χ3v) is 8.80. The molecule has 0 unspecified atom stereocenters. The number of carbonyl (C=O) groups excluding carboxylic acids is 2. The SMILES string of the molecule is COc1cc(C(N)=O)ccc1NC(=O)C1CCN(Cc2ccc(-c3nc4c(cnc5cc(C)nn54)cc3-c3ccccc3)cc2)CC1. The third-order valence-electron chi connectivity index (χ3n) is 8.80. The topological polar surface area (TPSA) is 128 Å². The van der Waals surface area contributed by atoms with Crippen molar-refractivity contribution in [2.24, 2.45) is 11.7 Å². The number of primary amides is 1. The number of nitrogens with zero attached hydrogens (tertiary/aromatic N) is 5. The quantitative estimate of drug-likeness (QED) is 0.216. The van der Waals surface area contributed by atoms with Gasteiger partial charge in [0.15, 0.2) is 11.3 Å². The molecule has 1 aliphatic heterocycles. The van der Waals surface area contributed by atoms with Gasteiger partial charge in [-0.2, -0.15) is 9.61 Å². The number of aromatic nitrogens is 4. The van der Waals surface area contributed by atoms with Gasteiger partial charge in [-0.3, -0.25) is 14.5 Å². The number of nitrogens with two attached hydrogens (primary N) is 1. The van der Waals surface area contributed by atoms with Gasteiger partial charge < -0.3 is 15.8 Å². The van der Waals surface area contributed by atoms with Crippen LogP contribution in [0.1, 0.15) is 34.5 Å². The lowest BCUT2D eigenvalue weighted by Gasteiger charge is -2.31. The molecule has 10 heteroatoms. The van der Waals surface area contributed by atoms with Crippen molar-refractivity contribution in [3.8, 4) is 28.1 Å². The molecule has 47 heavy (non-hydrogen) atoms. The van der Waals surface area contributed by atoms with Crippen LogP contribution in [0.4, 0.5) is 5.69 Å². The van der Waals surface area contributed by atoms with E-state index in [-0.39, 0.29) is 11.8 Å². The maximum atomic E-state index is 13.1. The molecule has 236 valence electrons. The van der Waals surface area contributed by atoms with Gasteiger partial charge in [0.2, 0.25) is 11.8 Å². The van der Waals surface area contributed by atoms with Crippen molar-refractivity contribution in [2.45, 2.75) is 26.3 Å². The van der Waals surface area contributed by atoms with Gasteiger partial charge >= 0.3 is 0 Å². The van der Waals surface area contributed by atoms with Gasteiger partial charge in [-0.25, -0.2) is 9.97 Å².